The minimum Gasteiger partial charge on any atom is -0.494 e. The fourth-order valence-corrected chi connectivity index (χ4v) is 7.46. The van der Waals surface area contributed by atoms with Crippen LogP contribution in [0.3, 0.4) is 0 Å². The Morgan fingerprint density at radius 1 is 0.875 bits per heavy atom. The van der Waals surface area contributed by atoms with Crippen LogP contribution < -0.4 is 20.7 Å². The lowest BCUT2D eigenvalue weighted by molar-refractivity contribution is 0.412. The Hall–Kier alpha value is -1.29. The van der Waals surface area contributed by atoms with Gasteiger partial charge < -0.3 is 9.30 Å². The second kappa shape index (κ2) is 7.30. The average molecular weight is 469 g/mol. The first-order chi connectivity index (χ1) is 11.6. The molecule has 2 nitrogen and oxygen atoms in total. The Labute approximate surface area is 160 Å². The molecule has 3 rings (SSSR count). The molecule has 0 saturated carbocycles. The molecule has 3 aromatic carbocycles. The van der Waals surface area contributed by atoms with Crippen molar-refractivity contribution in [2.24, 2.45) is 0 Å². The molecule has 0 aliphatic carbocycles. The van der Waals surface area contributed by atoms with Crippen molar-refractivity contribution >= 4 is 57.2 Å². The predicted molar refractivity (Wildman–Crippen MR) is 110 cm³/mol. The molecule has 0 unspecified atom stereocenters. The van der Waals surface area contributed by atoms with Gasteiger partial charge in [-0.25, -0.2) is 0 Å². The van der Waals surface area contributed by atoms with Crippen LogP contribution in [0.15, 0.2) is 72.8 Å². The molecule has 0 fully saturated rings. The lowest BCUT2D eigenvalue weighted by Crippen LogP contribution is -2.27. The maximum absolute atomic E-state index is 14.3. The topological polar surface area (TPSA) is 26.3 Å². The van der Waals surface area contributed by atoms with Crippen LogP contribution in [0, 0.1) is 3.57 Å². The van der Waals surface area contributed by atoms with Crippen molar-refractivity contribution in [2.75, 3.05) is 7.11 Å². The minimum atomic E-state index is -3.02. The van der Waals surface area contributed by atoms with Crippen molar-refractivity contribution in [1.29, 1.82) is 0 Å². The van der Waals surface area contributed by atoms with Crippen LogP contribution in [0.1, 0.15) is 0 Å². The third-order valence-electron chi connectivity index (χ3n) is 3.81. The Bertz CT molecular complexity index is 855. The highest BCUT2D eigenvalue weighted by Crippen LogP contribution is 2.46. The van der Waals surface area contributed by atoms with Crippen LogP contribution in [0.4, 0.5) is 0 Å². The zero-order valence-corrected chi connectivity index (χ0v) is 16.8. The first kappa shape index (κ1) is 17.5. The van der Waals surface area contributed by atoms with Gasteiger partial charge in [0.15, 0.2) is 12.9 Å². The zero-order chi connectivity index (χ0) is 17.2. The van der Waals surface area contributed by atoms with Gasteiger partial charge in [0.05, 0.1) is 15.7 Å². The first-order valence-electron chi connectivity index (χ1n) is 7.33. The standard InChI is InChI=1S/C19H15ClIO2P/c1-23-19-16(20)12-13-17(18(19)21)24(22,14-8-4-2-5-9-14)15-10-6-3-7-11-15/h2-13H,1H3. The first-order valence-corrected chi connectivity index (χ1v) is 10.5. The van der Waals surface area contributed by atoms with E-state index in [1.54, 1.807) is 13.2 Å². The summed E-state index contributed by atoms with van der Waals surface area (Å²) in [6, 6.07) is 22.7. The van der Waals surface area contributed by atoms with E-state index in [1.807, 2.05) is 66.7 Å². The quantitative estimate of drug-likeness (QED) is 0.413. The molecule has 0 aliphatic rings. The molecular weight excluding hydrogens is 454 g/mol. The Balaban J connectivity index is 2.35. The van der Waals surface area contributed by atoms with Crippen LogP contribution in [-0.2, 0) is 4.57 Å². The summed E-state index contributed by atoms with van der Waals surface area (Å²) in [6.45, 7) is 0. The van der Waals surface area contributed by atoms with Gasteiger partial charge >= 0.3 is 0 Å². The van der Waals surface area contributed by atoms with Gasteiger partial charge in [-0.2, -0.15) is 0 Å². The number of rotatable bonds is 4. The lowest BCUT2D eigenvalue weighted by atomic mass is 10.3. The van der Waals surface area contributed by atoms with Gasteiger partial charge in [-0.1, -0.05) is 72.3 Å². The summed E-state index contributed by atoms with van der Waals surface area (Å²) >= 11 is 8.39. The summed E-state index contributed by atoms with van der Waals surface area (Å²) < 4.78 is 20.5. The van der Waals surface area contributed by atoms with E-state index in [2.05, 4.69) is 22.6 Å². The zero-order valence-electron chi connectivity index (χ0n) is 12.9. The van der Waals surface area contributed by atoms with E-state index in [0.717, 1.165) is 19.5 Å². The van der Waals surface area contributed by atoms with Crippen molar-refractivity contribution in [1.82, 2.24) is 0 Å². The summed E-state index contributed by atoms with van der Waals surface area (Å²) in [5, 5.41) is 2.83. The second-order valence-corrected chi connectivity index (χ2v) is 9.41. The molecule has 3 aromatic rings. The highest BCUT2D eigenvalue weighted by Gasteiger charge is 2.33. The van der Waals surface area contributed by atoms with Crippen LogP contribution in [0.2, 0.25) is 5.02 Å². The molecule has 0 spiro atoms. The van der Waals surface area contributed by atoms with Gasteiger partial charge in [0.25, 0.3) is 0 Å². The fraction of sp³-hybridized carbons (Fsp3) is 0.0526. The molecule has 0 aliphatic heterocycles. The average Bonchev–Trinajstić information content (AvgIpc) is 2.63. The molecule has 24 heavy (non-hydrogen) atoms. The van der Waals surface area contributed by atoms with E-state index in [0.29, 0.717) is 10.8 Å². The molecule has 0 bridgehead atoms. The molecule has 0 heterocycles. The summed E-state index contributed by atoms with van der Waals surface area (Å²) in [6.07, 6.45) is 0. The summed E-state index contributed by atoms with van der Waals surface area (Å²) in [5.41, 5.74) is 0. The molecule has 0 radical (unpaired) electrons. The van der Waals surface area contributed by atoms with Gasteiger partial charge in [0.1, 0.15) is 0 Å². The van der Waals surface area contributed by atoms with Gasteiger partial charge in [0, 0.05) is 15.9 Å². The van der Waals surface area contributed by atoms with Crippen molar-refractivity contribution in [3.8, 4) is 5.75 Å². The minimum absolute atomic E-state index is 0.512. The highest BCUT2D eigenvalue weighted by atomic mass is 127. The van der Waals surface area contributed by atoms with Crippen molar-refractivity contribution in [3.05, 3.63) is 81.4 Å². The predicted octanol–water partition coefficient (Wildman–Crippen LogP) is 4.59. The number of methoxy groups -OCH3 is 1. The van der Waals surface area contributed by atoms with Gasteiger partial charge in [-0.15, -0.1) is 0 Å². The number of benzene rings is 3. The summed E-state index contributed by atoms with van der Waals surface area (Å²) in [5.74, 6) is 0.557. The third kappa shape index (κ3) is 3.01. The molecule has 0 aromatic heterocycles. The normalized spacial score (nSPS) is 11.3. The van der Waals surface area contributed by atoms with E-state index in [-0.39, 0.29) is 0 Å². The monoisotopic (exact) mass is 468 g/mol. The van der Waals surface area contributed by atoms with Gasteiger partial charge in [-0.05, 0) is 34.7 Å². The van der Waals surface area contributed by atoms with E-state index >= 15 is 0 Å². The Kier molecular flexibility index (Phi) is 5.33. The Morgan fingerprint density at radius 2 is 1.38 bits per heavy atom. The number of hydrogen-bond acceptors (Lipinski definition) is 2. The summed E-state index contributed by atoms with van der Waals surface area (Å²) in [4.78, 5) is 0. The van der Waals surface area contributed by atoms with Gasteiger partial charge in [0.2, 0.25) is 0 Å². The maximum Gasteiger partial charge on any atom is 0.172 e. The van der Waals surface area contributed by atoms with Crippen LogP contribution in [0.25, 0.3) is 0 Å². The van der Waals surface area contributed by atoms with Crippen molar-refractivity contribution in [2.45, 2.75) is 0 Å². The van der Waals surface area contributed by atoms with E-state index in [9.17, 15) is 4.57 Å². The summed E-state index contributed by atoms with van der Waals surface area (Å²) in [7, 11) is -1.45. The molecular formula is C19H15ClIO2P. The molecule has 5 heteroatoms. The van der Waals surface area contributed by atoms with E-state index in [4.69, 9.17) is 16.3 Å². The largest absolute Gasteiger partial charge is 0.494 e. The highest BCUT2D eigenvalue weighted by molar-refractivity contribution is 14.1. The Morgan fingerprint density at radius 3 is 1.83 bits per heavy atom. The van der Waals surface area contributed by atoms with Crippen LogP contribution >= 0.6 is 41.3 Å². The molecule has 0 atom stereocenters. The number of halogens is 2. The lowest BCUT2D eigenvalue weighted by Gasteiger charge is -2.22. The van der Waals surface area contributed by atoms with Crippen molar-refractivity contribution in [3.63, 3.8) is 0 Å². The van der Waals surface area contributed by atoms with Crippen molar-refractivity contribution < 1.29 is 9.30 Å². The molecule has 0 saturated heterocycles. The second-order valence-electron chi connectivity index (χ2n) is 5.19. The number of hydrogen-bond donors (Lipinski definition) is 0. The molecule has 0 N–H and O–H groups in total. The molecule has 0 amide bonds. The SMILES string of the molecule is COc1c(Cl)ccc(P(=O)(c2ccccc2)c2ccccc2)c1I. The van der Waals surface area contributed by atoms with E-state index < -0.39 is 7.14 Å². The van der Waals surface area contributed by atoms with E-state index in [1.165, 1.54) is 0 Å². The maximum atomic E-state index is 14.3. The van der Waals surface area contributed by atoms with Crippen LogP contribution in [-0.4, -0.2) is 7.11 Å². The fourth-order valence-electron chi connectivity index (χ4n) is 2.66. The van der Waals surface area contributed by atoms with Gasteiger partial charge in [-0.3, -0.25) is 0 Å². The smallest absolute Gasteiger partial charge is 0.172 e. The molecule has 122 valence electrons. The third-order valence-corrected chi connectivity index (χ3v) is 8.71. The number of ether oxygens (including phenoxy) is 1. The van der Waals surface area contributed by atoms with Crippen LogP contribution in [0.5, 0.6) is 5.75 Å².